The lowest BCUT2D eigenvalue weighted by Crippen LogP contribution is -2.28. The van der Waals surface area contributed by atoms with E-state index >= 15 is 0 Å². The van der Waals surface area contributed by atoms with Crippen molar-refractivity contribution in [3.8, 4) is 5.75 Å². The lowest BCUT2D eigenvalue weighted by Gasteiger charge is -2.17. The number of benzene rings is 2. The molecule has 25 heavy (non-hydrogen) atoms. The van der Waals surface area contributed by atoms with Crippen molar-refractivity contribution in [1.29, 1.82) is 0 Å². The summed E-state index contributed by atoms with van der Waals surface area (Å²) in [6, 6.07) is 12.0. The van der Waals surface area contributed by atoms with Crippen LogP contribution in [0.2, 0.25) is 0 Å². The van der Waals surface area contributed by atoms with Crippen molar-refractivity contribution in [3.05, 3.63) is 63.7 Å². The summed E-state index contributed by atoms with van der Waals surface area (Å²) in [5.41, 5.74) is 6.84. The number of nitrogens with zero attached hydrogens (tertiary/aromatic N) is 2. The van der Waals surface area contributed by atoms with Gasteiger partial charge in [-0.1, -0.05) is 12.1 Å². The predicted octanol–water partition coefficient (Wildman–Crippen LogP) is 2.82. The van der Waals surface area contributed by atoms with Crippen LogP contribution in [0, 0.1) is 10.1 Å². The predicted molar refractivity (Wildman–Crippen MR) is 93.8 cm³/mol. The largest absolute Gasteiger partial charge is 0.497 e. The molecule has 0 spiro atoms. The molecule has 1 unspecified atom stereocenters. The summed E-state index contributed by atoms with van der Waals surface area (Å²) < 4.78 is 5.16. The first-order chi connectivity index (χ1) is 12.0. The molecule has 0 bridgehead atoms. The Kier molecular flexibility index (Phi) is 4.56. The zero-order valence-electron chi connectivity index (χ0n) is 13.8. The van der Waals surface area contributed by atoms with Crippen LogP contribution in [-0.4, -0.2) is 35.9 Å². The molecule has 0 aromatic heterocycles. The van der Waals surface area contributed by atoms with E-state index in [1.54, 1.807) is 12.0 Å². The zero-order valence-corrected chi connectivity index (χ0v) is 13.8. The summed E-state index contributed by atoms with van der Waals surface area (Å²) in [6.45, 7) is 1.21. The van der Waals surface area contributed by atoms with Crippen LogP contribution in [0.5, 0.6) is 5.75 Å². The Hall–Kier alpha value is -3.09. The van der Waals surface area contributed by atoms with E-state index in [9.17, 15) is 14.9 Å². The smallest absolute Gasteiger partial charge is 0.292 e. The minimum absolute atomic E-state index is 0.0547. The number of methoxy groups -OCH3 is 1. The number of hydrogen-bond acceptors (Lipinski definition) is 5. The fraction of sp³-hybridized carbons (Fsp3) is 0.278. The molecule has 2 N–H and O–H groups in total. The first kappa shape index (κ1) is 16.8. The number of hydrogen-bond donors (Lipinski definition) is 1. The molecule has 0 radical (unpaired) electrons. The third kappa shape index (κ3) is 3.40. The van der Waals surface area contributed by atoms with Gasteiger partial charge in [0.1, 0.15) is 11.4 Å². The number of rotatable bonds is 4. The number of carbonyl (C=O) groups excluding carboxylic acids is 1. The van der Waals surface area contributed by atoms with Crippen LogP contribution < -0.4 is 10.5 Å². The topological polar surface area (TPSA) is 98.7 Å². The summed E-state index contributed by atoms with van der Waals surface area (Å²) in [5.74, 6) is 0.835. The van der Waals surface area contributed by atoms with Crippen molar-refractivity contribution in [2.45, 2.75) is 12.3 Å². The molecule has 3 rings (SSSR count). The molecular formula is C18H19N3O4. The molecule has 1 saturated heterocycles. The lowest BCUT2D eigenvalue weighted by atomic mass is 9.98. The molecule has 2 aromatic rings. The van der Waals surface area contributed by atoms with E-state index in [1.807, 2.05) is 24.3 Å². The summed E-state index contributed by atoms with van der Waals surface area (Å²) in [4.78, 5) is 24.8. The van der Waals surface area contributed by atoms with E-state index in [1.165, 1.54) is 18.2 Å². The molecule has 7 heteroatoms. The van der Waals surface area contributed by atoms with E-state index in [-0.39, 0.29) is 28.8 Å². The quantitative estimate of drug-likeness (QED) is 0.524. The SMILES string of the molecule is COc1ccc(C2CCN(C(=O)c3ccc(N)c([N+](=O)[O-])c3)C2)cc1. The van der Waals surface area contributed by atoms with E-state index in [0.717, 1.165) is 17.7 Å². The second-order valence-corrected chi connectivity index (χ2v) is 6.04. The minimum Gasteiger partial charge on any atom is -0.497 e. The van der Waals surface area contributed by atoms with Crippen LogP contribution in [0.25, 0.3) is 0 Å². The summed E-state index contributed by atoms with van der Waals surface area (Å²) in [5, 5.41) is 11.0. The highest BCUT2D eigenvalue weighted by molar-refractivity contribution is 5.95. The second kappa shape index (κ2) is 6.80. The summed E-state index contributed by atoms with van der Waals surface area (Å²) >= 11 is 0. The highest BCUT2D eigenvalue weighted by Crippen LogP contribution is 2.30. The van der Waals surface area contributed by atoms with Crippen molar-refractivity contribution in [3.63, 3.8) is 0 Å². The van der Waals surface area contributed by atoms with Crippen molar-refractivity contribution >= 4 is 17.3 Å². The third-order valence-electron chi connectivity index (χ3n) is 4.54. The van der Waals surface area contributed by atoms with Crippen molar-refractivity contribution in [2.24, 2.45) is 0 Å². The van der Waals surface area contributed by atoms with Gasteiger partial charge >= 0.3 is 0 Å². The Balaban J connectivity index is 1.74. The van der Waals surface area contributed by atoms with Crippen molar-refractivity contribution in [1.82, 2.24) is 4.90 Å². The van der Waals surface area contributed by atoms with Crippen LogP contribution in [0.15, 0.2) is 42.5 Å². The minimum atomic E-state index is -0.573. The van der Waals surface area contributed by atoms with E-state index in [2.05, 4.69) is 0 Å². The molecular weight excluding hydrogens is 322 g/mol. The van der Waals surface area contributed by atoms with Gasteiger partial charge in [0.05, 0.1) is 12.0 Å². The van der Waals surface area contributed by atoms with Gasteiger partial charge in [-0.25, -0.2) is 0 Å². The van der Waals surface area contributed by atoms with Crippen molar-refractivity contribution in [2.75, 3.05) is 25.9 Å². The van der Waals surface area contributed by atoms with E-state index < -0.39 is 4.92 Å². The Bertz CT molecular complexity index is 804. The molecule has 7 nitrogen and oxygen atoms in total. The summed E-state index contributed by atoms with van der Waals surface area (Å²) in [7, 11) is 1.62. The molecule has 1 amide bonds. The maximum atomic E-state index is 12.7. The highest BCUT2D eigenvalue weighted by Gasteiger charge is 2.29. The molecule has 1 atom stereocenters. The highest BCUT2D eigenvalue weighted by atomic mass is 16.6. The number of nitrogen functional groups attached to an aromatic ring is 1. The normalized spacial score (nSPS) is 16.7. The number of ether oxygens (including phenoxy) is 1. The van der Waals surface area contributed by atoms with Crippen LogP contribution in [0.3, 0.4) is 0 Å². The van der Waals surface area contributed by atoms with Crippen LogP contribution in [0.4, 0.5) is 11.4 Å². The average Bonchev–Trinajstić information content (AvgIpc) is 3.11. The Morgan fingerprint density at radius 2 is 2.00 bits per heavy atom. The number of nitro groups is 1. The number of anilines is 1. The molecule has 1 heterocycles. The Morgan fingerprint density at radius 3 is 2.64 bits per heavy atom. The molecule has 0 saturated carbocycles. The first-order valence-electron chi connectivity index (χ1n) is 7.96. The number of likely N-dealkylation sites (tertiary alicyclic amines) is 1. The van der Waals surface area contributed by atoms with Gasteiger partial charge in [0, 0.05) is 30.6 Å². The maximum Gasteiger partial charge on any atom is 0.292 e. The van der Waals surface area contributed by atoms with Gasteiger partial charge in [-0.3, -0.25) is 14.9 Å². The summed E-state index contributed by atoms with van der Waals surface area (Å²) in [6.07, 6.45) is 0.856. The monoisotopic (exact) mass is 341 g/mol. The molecule has 1 aliphatic rings. The second-order valence-electron chi connectivity index (χ2n) is 6.04. The van der Waals surface area contributed by atoms with Gasteiger partial charge in [0.15, 0.2) is 0 Å². The fourth-order valence-corrected chi connectivity index (χ4v) is 3.11. The van der Waals surface area contributed by atoms with Gasteiger partial charge in [0.25, 0.3) is 11.6 Å². The number of nitro benzene ring substituents is 1. The number of carbonyl (C=O) groups is 1. The van der Waals surface area contributed by atoms with Gasteiger partial charge in [-0.05, 0) is 36.2 Å². The van der Waals surface area contributed by atoms with Crippen LogP contribution in [0.1, 0.15) is 28.3 Å². The van der Waals surface area contributed by atoms with Gasteiger partial charge in [0.2, 0.25) is 0 Å². The van der Waals surface area contributed by atoms with Crippen molar-refractivity contribution < 1.29 is 14.5 Å². The molecule has 0 aliphatic carbocycles. The standard InChI is InChI=1S/C18H19N3O4/c1-25-15-5-2-12(3-6-15)14-8-9-20(11-14)18(22)13-4-7-16(19)17(10-13)21(23)24/h2-7,10,14H,8-9,11,19H2,1H3. The number of nitrogens with two attached hydrogens (primary N) is 1. The van der Waals surface area contributed by atoms with E-state index in [0.29, 0.717) is 13.1 Å². The third-order valence-corrected chi connectivity index (χ3v) is 4.54. The molecule has 130 valence electrons. The van der Waals surface area contributed by atoms with Gasteiger partial charge in [-0.15, -0.1) is 0 Å². The molecule has 1 fully saturated rings. The first-order valence-corrected chi connectivity index (χ1v) is 7.96. The number of amides is 1. The maximum absolute atomic E-state index is 12.7. The average molecular weight is 341 g/mol. The fourth-order valence-electron chi connectivity index (χ4n) is 3.11. The Morgan fingerprint density at radius 1 is 1.28 bits per heavy atom. The van der Waals surface area contributed by atoms with Gasteiger partial charge in [-0.2, -0.15) is 0 Å². The zero-order chi connectivity index (χ0) is 18.0. The van der Waals surface area contributed by atoms with Crippen LogP contribution in [-0.2, 0) is 0 Å². The van der Waals surface area contributed by atoms with Gasteiger partial charge < -0.3 is 15.4 Å². The van der Waals surface area contributed by atoms with E-state index in [4.69, 9.17) is 10.5 Å². The lowest BCUT2D eigenvalue weighted by molar-refractivity contribution is -0.383. The Labute approximate surface area is 145 Å². The molecule has 2 aromatic carbocycles. The van der Waals surface area contributed by atoms with Crippen LogP contribution >= 0.6 is 0 Å². The molecule has 1 aliphatic heterocycles.